The van der Waals surface area contributed by atoms with Crippen LogP contribution in [0.4, 0.5) is 0 Å². The highest BCUT2D eigenvalue weighted by Gasteiger charge is 2.19. The highest BCUT2D eigenvalue weighted by molar-refractivity contribution is 5.94. The third-order valence-corrected chi connectivity index (χ3v) is 3.63. The fourth-order valence-electron chi connectivity index (χ4n) is 2.30. The van der Waals surface area contributed by atoms with E-state index in [-0.39, 0.29) is 5.91 Å². The van der Waals surface area contributed by atoms with Gasteiger partial charge in [0.15, 0.2) is 0 Å². The fourth-order valence-corrected chi connectivity index (χ4v) is 2.30. The maximum absolute atomic E-state index is 12.0. The maximum atomic E-state index is 12.0. The molecule has 1 aliphatic heterocycles. The van der Waals surface area contributed by atoms with Gasteiger partial charge in [0, 0.05) is 18.2 Å². The van der Waals surface area contributed by atoms with Crippen LogP contribution in [0.15, 0.2) is 18.2 Å². The number of amides is 1. The Morgan fingerprint density at radius 2 is 2.05 bits per heavy atom. The average molecular weight is 260 g/mol. The third-order valence-electron chi connectivity index (χ3n) is 3.63. The van der Waals surface area contributed by atoms with Crippen molar-refractivity contribution in [1.29, 1.82) is 0 Å². The van der Waals surface area contributed by atoms with Crippen LogP contribution in [0.2, 0.25) is 0 Å². The molecular formula is C15H20N2O2. The SMILES string of the molecule is O=C(NCCCNC1CC1)c1ccc2c(c1)COC2. The van der Waals surface area contributed by atoms with Crippen molar-refractivity contribution in [3.05, 3.63) is 34.9 Å². The highest BCUT2D eigenvalue weighted by Crippen LogP contribution is 2.20. The maximum Gasteiger partial charge on any atom is 0.251 e. The predicted molar refractivity (Wildman–Crippen MR) is 72.9 cm³/mol. The quantitative estimate of drug-likeness (QED) is 0.764. The smallest absolute Gasteiger partial charge is 0.251 e. The van der Waals surface area contributed by atoms with E-state index in [1.165, 1.54) is 18.4 Å². The normalized spacial score (nSPS) is 17.3. The number of carbonyl (C=O) groups excluding carboxylic acids is 1. The second-order valence-corrected chi connectivity index (χ2v) is 5.31. The lowest BCUT2D eigenvalue weighted by Crippen LogP contribution is -2.28. The molecule has 0 aromatic heterocycles. The van der Waals surface area contributed by atoms with E-state index >= 15 is 0 Å². The van der Waals surface area contributed by atoms with Crippen molar-refractivity contribution in [2.24, 2.45) is 0 Å². The van der Waals surface area contributed by atoms with Gasteiger partial charge in [-0.2, -0.15) is 0 Å². The molecule has 0 radical (unpaired) electrons. The summed E-state index contributed by atoms with van der Waals surface area (Å²) in [5, 5.41) is 6.40. The summed E-state index contributed by atoms with van der Waals surface area (Å²) in [5.74, 6) is 0.0149. The Balaban J connectivity index is 1.44. The number of rotatable bonds is 6. The zero-order chi connectivity index (χ0) is 13.1. The molecule has 2 N–H and O–H groups in total. The largest absolute Gasteiger partial charge is 0.372 e. The number of nitrogens with one attached hydrogen (secondary N) is 2. The van der Waals surface area contributed by atoms with Crippen LogP contribution in [0.5, 0.6) is 0 Å². The van der Waals surface area contributed by atoms with Gasteiger partial charge in [-0.25, -0.2) is 0 Å². The van der Waals surface area contributed by atoms with Gasteiger partial charge in [-0.05, 0) is 49.1 Å². The van der Waals surface area contributed by atoms with E-state index in [1.54, 1.807) is 0 Å². The summed E-state index contributed by atoms with van der Waals surface area (Å²) in [4.78, 5) is 12.0. The van der Waals surface area contributed by atoms with Gasteiger partial charge in [0.05, 0.1) is 13.2 Å². The van der Waals surface area contributed by atoms with Gasteiger partial charge in [-0.3, -0.25) is 4.79 Å². The van der Waals surface area contributed by atoms with Crippen molar-refractivity contribution in [3.8, 4) is 0 Å². The van der Waals surface area contributed by atoms with Gasteiger partial charge in [0.1, 0.15) is 0 Å². The molecule has 3 rings (SSSR count). The molecular weight excluding hydrogens is 240 g/mol. The molecule has 4 nitrogen and oxygen atoms in total. The number of hydrogen-bond acceptors (Lipinski definition) is 3. The Morgan fingerprint density at radius 3 is 2.89 bits per heavy atom. The summed E-state index contributed by atoms with van der Waals surface area (Å²) < 4.78 is 5.35. The molecule has 1 fully saturated rings. The van der Waals surface area contributed by atoms with Crippen LogP contribution >= 0.6 is 0 Å². The van der Waals surface area contributed by atoms with Crippen LogP contribution in [-0.2, 0) is 18.0 Å². The van der Waals surface area contributed by atoms with E-state index in [0.717, 1.165) is 36.7 Å². The van der Waals surface area contributed by atoms with E-state index < -0.39 is 0 Å². The molecule has 0 spiro atoms. The van der Waals surface area contributed by atoms with E-state index in [4.69, 9.17) is 4.74 Å². The number of carbonyl (C=O) groups is 1. The van der Waals surface area contributed by atoms with E-state index in [0.29, 0.717) is 13.2 Å². The fraction of sp³-hybridized carbons (Fsp3) is 0.533. The standard InChI is InChI=1S/C15H20N2O2/c18-15(17-7-1-6-16-14-4-5-14)11-2-3-12-9-19-10-13(12)8-11/h2-3,8,14,16H,1,4-7,9-10H2,(H,17,18). The number of benzene rings is 1. The minimum absolute atomic E-state index is 0.0149. The van der Waals surface area contributed by atoms with Gasteiger partial charge in [0.2, 0.25) is 0 Å². The molecule has 0 atom stereocenters. The summed E-state index contributed by atoms with van der Waals surface area (Å²) in [6.07, 6.45) is 3.60. The molecule has 1 aliphatic carbocycles. The molecule has 1 saturated carbocycles. The first kappa shape index (κ1) is 12.6. The molecule has 102 valence electrons. The van der Waals surface area contributed by atoms with Gasteiger partial charge in [0.25, 0.3) is 5.91 Å². The molecule has 0 unspecified atom stereocenters. The lowest BCUT2D eigenvalue weighted by molar-refractivity contribution is 0.0953. The number of hydrogen-bond donors (Lipinski definition) is 2. The van der Waals surface area contributed by atoms with Crippen molar-refractivity contribution >= 4 is 5.91 Å². The van der Waals surface area contributed by atoms with E-state index in [9.17, 15) is 4.79 Å². The van der Waals surface area contributed by atoms with Crippen LogP contribution < -0.4 is 10.6 Å². The van der Waals surface area contributed by atoms with Crippen molar-refractivity contribution in [2.45, 2.75) is 38.5 Å². The molecule has 19 heavy (non-hydrogen) atoms. The van der Waals surface area contributed by atoms with Crippen molar-refractivity contribution in [2.75, 3.05) is 13.1 Å². The van der Waals surface area contributed by atoms with E-state index in [2.05, 4.69) is 10.6 Å². The molecule has 2 aliphatic rings. The lowest BCUT2D eigenvalue weighted by atomic mass is 10.1. The molecule has 1 aromatic carbocycles. The van der Waals surface area contributed by atoms with Crippen molar-refractivity contribution in [3.63, 3.8) is 0 Å². The topological polar surface area (TPSA) is 50.4 Å². The van der Waals surface area contributed by atoms with Gasteiger partial charge in [-0.1, -0.05) is 6.07 Å². The van der Waals surface area contributed by atoms with Crippen molar-refractivity contribution in [1.82, 2.24) is 10.6 Å². The third kappa shape index (κ3) is 3.33. The summed E-state index contributed by atoms with van der Waals surface area (Å²) in [5.41, 5.74) is 3.08. The minimum Gasteiger partial charge on any atom is -0.372 e. The summed E-state index contributed by atoms with van der Waals surface area (Å²) >= 11 is 0. The minimum atomic E-state index is 0.0149. The first-order valence-corrected chi connectivity index (χ1v) is 7.04. The Kier molecular flexibility index (Phi) is 3.80. The number of fused-ring (bicyclic) bond motifs is 1. The molecule has 0 bridgehead atoms. The highest BCUT2D eigenvalue weighted by atomic mass is 16.5. The first-order chi connectivity index (χ1) is 9.33. The molecule has 0 saturated heterocycles. The summed E-state index contributed by atoms with van der Waals surface area (Å²) in [6, 6.07) is 6.56. The number of ether oxygens (including phenoxy) is 1. The van der Waals surface area contributed by atoms with Gasteiger partial charge in [-0.15, -0.1) is 0 Å². The molecule has 1 aromatic rings. The van der Waals surface area contributed by atoms with Crippen LogP contribution in [0.25, 0.3) is 0 Å². The zero-order valence-electron chi connectivity index (χ0n) is 11.1. The summed E-state index contributed by atoms with van der Waals surface area (Å²) in [7, 11) is 0. The van der Waals surface area contributed by atoms with Crippen LogP contribution in [0.3, 0.4) is 0 Å². The van der Waals surface area contributed by atoms with Gasteiger partial charge >= 0.3 is 0 Å². The van der Waals surface area contributed by atoms with Crippen LogP contribution in [0.1, 0.15) is 40.7 Å². The Bertz CT molecular complexity index is 469. The monoisotopic (exact) mass is 260 g/mol. The van der Waals surface area contributed by atoms with Crippen LogP contribution in [-0.4, -0.2) is 25.0 Å². The lowest BCUT2D eigenvalue weighted by Gasteiger charge is -2.07. The summed E-state index contributed by atoms with van der Waals surface area (Å²) in [6.45, 7) is 3.01. The Labute approximate surface area is 113 Å². The van der Waals surface area contributed by atoms with Crippen LogP contribution in [0, 0.1) is 0 Å². The average Bonchev–Trinajstić information content (AvgIpc) is 3.13. The zero-order valence-corrected chi connectivity index (χ0v) is 11.1. The Hall–Kier alpha value is -1.39. The molecule has 1 heterocycles. The predicted octanol–water partition coefficient (Wildman–Crippen LogP) is 1.59. The molecule has 4 heteroatoms. The van der Waals surface area contributed by atoms with Crippen molar-refractivity contribution < 1.29 is 9.53 Å². The van der Waals surface area contributed by atoms with Gasteiger partial charge < -0.3 is 15.4 Å². The second-order valence-electron chi connectivity index (χ2n) is 5.31. The first-order valence-electron chi connectivity index (χ1n) is 7.04. The van der Waals surface area contributed by atoms with E-state index in [1.807, 2.05) is 18.2 Å². The Morgan fingerprint density at radius 1 is 1.21 bits per heavy atom. The molecule has 1 amide bonds. The second kappa shape index (κ2) is 5.72.